The molecule has 0 spiro atoms. The van der Waals surface area contributed by atoms with Crippen LogP contribution in [0.3, 0.4) is 0 Å². The topological polar surface area (TPSA) is 44.7 Å². The van der Waals surface area contributed by atoms with Gasteiger partial charge in [-0.05, 0) is 43.5 Å². The maximum atomic E-state index is 12.4. The molecule has 2 fully saturated rings. The summed E-state index contributed by atoms with van der Waals surface area (Å²) in [6.45, 7) is 2.02. The fourth-order valence-corrected chi connectivity index (χ4v) is 4.89. The smallest absolute Gasteiger partial charge is 0.226 e. The van der Waals surface area contributed by atoms with E-state index in [1.54, 1.807) is 11.8 Å². The summed E-state index contributed by atoms with van der Waals surface area (Å²) in [5, 5.41) is 4.13. The van der Waals surface area contributed by atoms with Crippen molar-refractivity contribution in [2.75, 3.05) is 18.1 Å². The van der Waals surface area contributed by atoms with Crippen molar-refractivity contribution in [1.29, 1.82) is 0 Å². The van der Waals surface area contributed by atoms with Gasteiger partial charge in [-0.15, -0.1) is 12.4 Å². The quantitative estimate of drug-likeness (QED) is 0.668. The van der Waals surface area contributed by atoms with Crippen LogP contribution in [0.5, 0.6) is 0 Å². The van der Waals surface area contributed by atoms with Gasteiger partial charge in [-0.3, -0.25) is 9.79 Å². The van der Waals surface area contributed by atoms with Crippen molar-refractivity contribution in [3.05, 3.63) is 28.2 Å². The molecule has 1 atom stereocenters. The maximum Gasteiger partial charge on any atom is 0.226 e. The number of nitrogens with one attached hydrogen (secondary N) is 1. The summed E-state index contributed by atoms with van der Waals surface area (Å²) in [6.07, 6.45) is 6.88. The Labute approximate surface area is 175 Å². The molecule has 0 radical (unpaired) electrons. The lowest BCUT2D eigenvalue weighted by atomic mass is 9.96. The third-order valence-electron chi connectivity index (χ3n) is 4.98. The maximum absolute atomic E-state index is 12.4. The molecule has 1 amide bonds. The first kappa shape index (κ1) is 21.6. The second-order valence-corrected chi connectivity index (χ2v) is 8.84. The van der Waals surface area contributed by atoms with E-state index in [1.165, 1.54) is 32.1 Å². The van der Waals surface area contributed by atoms with Crippen molar-refractivity contribution in [2.45, 2.75) is 57.5 Å². The normalized spacial score (nSPS) is 22.3. The number of aryl methyl sites for hydroxylation is 1. The number of carbonyl (C=O) groups excluding carboxylic acids is 1. The van der Waals surface area contributed by atoms with E-state index in [0.717, 1.165) is 26.6 Å². The zero-order valence-electron chi connectivity index (χ0n) is 15.3. The molecule has 4 nitrogen and oxygen atoms in total. The number of aliphatic imine (C=N–C) groups is 1. The third-order valence-corrected chi connectivity index (χ3v) is 7.08. The molecular weight excluding hydrogens is 434 g/mol. The third kappa shape index (κ3) is 5.64. The average molecular weight is 461 g/mol. The Hall–Kier alpha value is -0.720. The van der Waals surface area contributed by atoms with Crippen LogP contribution in [0.25, 0.3) is 0 Å². The number of anilines is 1. The second-order valence-electron chi connectivity index (χ2n) is 7.00. The van der Waals surface area contributed by atoms with Gasteiger partial charge in [0.15, 0.2) is 5.17 Å². The van der Waals surface area contributed by atoms with Crippen molar-refractivity contribution in [2.24, 2.45) is 4.99 Å². The summed E-state index contributed by atoms with van der Waals surface area (Å²) in [6, 6.07) is 6.60. The van der Waals surface area contributed by atoms with Gasteiger partial charge in [0.1, 0.15) is 0 Å². The van der Waals surface area contributed by atoms with Crippen molar-refractivity contribution >= 4 is 56.9 Å². The van der Waals surface area contributed by atoms with Gasteiger partial charge in [-0.1, -0.05) is 47.0 Å². The van der Waals surface area contributed by atoms with Crippen LogP contribution in [0.15, 0.2) is 27.7 Å². The first-order valence-electron chi connectivity index (χ1n) is 9.02. The Morgan fingerprint density at radius 3 is 2.77 bits per heavy atom. The van der Waals surface area contributed by atoms with Crippen LogP contribution < -0.4 is 5.32 Å². The molecule has 1 heterocycles. The van der Waals surface area contributed by atoms with E-state index in [9.17, 15) is 4.79 Å². The van der Waals surface area contributed by atoms with E-state index >= 15 is 0 Å². The summed E-state index contributed by atoms with van der Waals surface area (Å²) in [4.78, 5) is 19.6. The molecule has 1 aliphatic carbocycles. The molecule has 0 aromatic heterocycles. The average Bonchev–Trinajstić information content (AvgIpc) is 2.92. The highest BCUT2D eigenvalue weighted by Crippen LogP contribution is 2.28. The predicted octanol–water partition coefficient (Wildman–Crippen LogP) is 5.24. The number of benzene rings is 1. The molecule has 1 saturated carbocycles. The number of rotatable bonds is 4. The van der Waals surface area contributed by atoms with E-state index in [4.69, 9.17) is 4.99 Å². The zero-order valence-corrected chi connectivity index (χ0v) is 18.6. The molecule has 3 rings (SSSR count). The van der Waals surface area contributed by atoms with Crippen LogP contribution in [-0.4, -0.2) is 40.9 Å². The molecule has 2 aliphatic rings. The highest BCUT2D eigenvalue weighted by molar-refractivity contribution is 9.10. The summed E-state index contributed by atoms with van der Waals surface area (Å²) in [5.41, 5.74) is 1.98. The standard InChI is InChI=1S/C19H26BrN3OS.ClH/c1-13-10-15(8-9-17(13)20)21-18(24)11-16-12-25-19(23(16)2)22-14-6-4-3-5-7-14;/h8-10,14,16H,3-7,11-12H2,1-2H3,(H,21,24);1H. The lowest BCUT2D eigenvalue weighted by molar-refractivity contribution is -0.116. The molecule has 1 unspecified atom stereocenters. The Bertz CT molecular complexity index is 664. The van der Waals surface area contributed by atoms with Gasteiger partial charge in [0, 0.05) is 35.4 Å². The van der Waals surface area contributed by atoms with Gasteiger partial charge in [0.2, 0.25) is 5.91 Å². The number of halogens is 2. The number of nitrogens with zero attached hydrogens (tertiary/aromatic N) is 2. The molecule has 7 heteroatoms. The van der Waals surface area contributed by atoms with Crippen LogP contribution in [0.2, 0.25) is 0 Å². The van der Waals surface area contributed by atoms with E-state index in [2.05, 4.69) is 33.2 Å². The number of amidine groups is 1. The van der Waals surface area contributed by atoms with Gasteiger partial charge in [-0.2, -0.15) is 0 Å². The molecule has 0 bridgehead atoms. The van der Waals surface area contributed by atoms with Crippen molar-refractivity contribution < 1.29 is 4.79 Å². The highest BCUT2D eigenvalue weighted by atomic mass is 79.9. The van der Waals surface area contributed by atoms with E-state index < -0.39 is 0 Å². The minimum Gasteiger partial charge on any atom is -0.350 e. The first-order valence-corrected chi connectivity index (χ1v) is 10.8. The molecule has 144 valence electrons. The van der Waals surface area contributed by atoms with Gasteiger partial charge in [0.05, 0.1) is 6.04 Å². The van der Waals surface area contributed by atoms with Crippen LogP contribution >= 0.6 is 40.1 Å². The SMILES string of the molecule is Cc1cc(NC(=O)CC2CSC(=NC3CCCCC3)N2C)ccc1Br.Cl. The van der Waals surface area contributed by atoms with Gasteiger partial charge in [0.25, 0.3) is 0 Å². The Morgan fingerprint density at radius 2 is 2.08 bits per heavy atom. The lowest BCUT2D eigenvalue weighted by Crippen LogP contribution is -2.34. The molecule has 1 saturated heterocycles. The number of amides is 1. The first-order chi connectivity index (χ1) is 12.0. The number of hydrogen-bond acceptors (Lipinski definition) is 3. The van der Waals surface area contributed by atoms with Crippen LogP contribution in [0.4, 0.5) is 5.69 Å². The minimum absolute atomic E-state index is 0. The highest BCUT2D eigenvalue weighted by Gasteiger charge is 2.29. The fraction of sp³-hybridized carbons (Fsp3) is 0.579. The molecular formula is C19H27BrClN3OS. The number of thioether (sulfide) groups is 1. The van der Waals surface area contributed by atoms with Crippen LogP contribution in [0.1, 0.15) is 44.1 Å². The molecule has 1 aromatic carbocycles. The lowest BCUT2D eigenvalue weighted by Gasteiger charge is -2.23. The Balaban J connectivity index is 0.00000243. The Morgan fingerprint density at radius 1 is 1.35 bits per heavy atom. The number of hydrogen-bond donors (Lipinski definition) is 1. The number of carbonyl (C=O) groups is 1. The monoisotopic (exact) mass is 459 g/mol. The summed E-state index contributed by atoms with van der Waals surface area (Å²) >= 11 is 5.28. The van der Waals surface area contributed by atoms with E-state index in [0.29, 0.717) is 12.5 Å². The van der Waals surface area contributed by atoms with Crippen molar-refractivity contribution in [3.8, 4) is 0 Å². The second kappa shape index (κ2) is 10.00. The van der Waals surface area contributed by atoms with E-state index in [-0.39, 0.29) is 24.4 Å². The van der Waals surface area contributed by atoms with E-state index in [1.807, 2.05) is 25.1 Å². The predicted molar refractivity (Wildman–Crippen MR) is 118 cm³/mol. The molecule has 1 aliphatic heterocycles. The largest absolute Gasteiger partial charge is 0.350 e. The van der Waals surface area contributed by atoms with Crippen LogP contribution in [0, 0.1) is 6.92 Å². The molecule has 1 N–H and O–H groups in total. The zero-order chi connectivity index (χ0) is 17.8. The summed E-state index contributed by atoms with van der Waals surface area (Å²) < 4.78 is 1.06. The molecule has 26 heavy (non-hydrogen) atoms. The summed E-state index contributed by atoms with van der Waals surface area (Å²) in [5.74, 6) is 1.01. The van der Waals surface area contributed by atoms with Crippen molar-refractivity contribution in [3.63, 3.8) is 0 Å². The summed E-state index contributed by atoms with van der Waals surface area (Å²) in [7, 11) is 2.07. The van der Waals surface area contributed by atoms with Crippen molar-refractivity contribution in [1.82, 2.24) is 4.90 Å². The fourth-order valence-electron chi connectivity index (χ4n) is 3.38. The van der Waals surface area contributed by atoms with Gasteiger partial charge >= 0.3 is 0 Å². The van der Waals surface area contributed by atoms with Gasteiger partial charge in [-0.25, -0.2) is 0 Å². The van der Waals surface area contributed by atoms with Gasteiger partial charge < -0.3 is 10.2 Å². The Kier molecular flexibility index (Phi) is 8.30. The molecule has 1 aromatic rings. The minimum atomic E-state index is 0. The van der Waals surface area contributed by atoms with Crippen LogP contribution in [-0.2, 0) is 4.79 Å².